The number of amides is 1. The third-order valence-corrected chi connectivity index (χ3v) is 4.38. The van der Waals surface area contributed by atoms with E-state index in [1.807, 2.05) is 50.2 Å². The van der Waals surface area contributed by atoms with E-state index in [9.17, 15) is 4.79 Å². The Hall–Kier alpha value is -2.53. The topological polar surface area (TPSA) is 54.9 Å². The van der Waals surface area contributed by atoms with E-state index in [1.54, 1.807) is 12.3 Å². The highest BCUT2D eigenvalue weighted by atomic mass is 32.1. The van der Waals surface area contributed by atoms with Gasteiger partial charge in [0, 0.05) is 11.8 Å². The van der Waals surface area contributed by atoms with Gasteiger partial charge in [0.1, 0.15) is 15.7 Å². The minimum atomic E-state index is -0.173. The van der Waals surface area contributed by atoms with Crippen molar-refractivity contribution < 1.29 is 4.79 Å². The van der Waals surface area contributed by atoms with Crippen molar-refractivity contribution in [1.29, 1.82) is 0 Å². The lowest BCUT2D eigenvalue weighted by Crippen LogP contribution is -2.12. The molecule has 0 spiro atoms. The van der Waals surface area contributed by atoms with E-state index in [4.69, 9.17) is 0 Å². The summed E-state index contributed by atoms with van der Waals surface area (Å²) >= 11 is 1.39. The summed E-state index contributed by atoms with van der Waals surface area (Å²) in [5, 5.41) is 3.66. The molecule has 0 aliphatic rings. The molecule has 1 aromatic carbocycles. The third-order valence-electron chi connectivity index (χ3n) is 3.18. The summed E-state index contributed by atoms with van der Waals surface area (Å²) < 4.78 is 0. The number of hydrogen-bond donors (Lipinski definition) is 1. The fourth-order valence-corrected chi connectivity index (χ4v) is 2.99. The van der Waals surface area contributed by atoms with Gasteiger partial charge in [-0.25, -0.2) is 9.97 Å². The van der Waals surface area contributed by atoms with E-state index in [-0.39, 0.29) is 5.91 Å². The van der Waals surface area contributed by atoms with Gasteiger partial charge in [0.15, 0.2) is 0 Å². The monoisotopic (exact) mass is 309 g/mol. The fourth-order valence-electron chi connectivity index (χ4n) is 2.03. The minimum absolute atomic E-state index is 0.173. The van der Waals surface area contributed by atoms with E-state index in [0.29, 0.717) is 10.7 Å². The molecule has 0 bridgehead atoms. The molecule has 1 amide bonds. The number of pyridine rings is 1. The van der Waals surface area contributed by atoms with E-state index < -0.39 is 0 Å². The molecule has 0 aliphatic heterocycles. The number of carbonyl (C=O) groups excluding carboxylic acids is 1. The average molecular weight is 309 g/mol. The first kappa shape index (κ1) is 14.4. The number of anilines is 1. The van der Waals surface area contributed by atoms with Crippen molar-refractivity contribution in [1.82, 2.24) is 9.97 Å². The van der Waals surface area contributed by atoms with Crippen LogP contribution in [0.3, 0.4) is 0 Å². The second-order valence-corrected chi connectivity index (χ2v) is 5.97. The Bertz CT molecular complexity index is 795. The number of nitrogens with one attached hydrogen (secondary N) is 1. The number of rotatable bonds is 3. The first-order valence-electron chi connectivity index (χ1n) is 6.90. The maximum absolute atomic E-state index is 12.4. The molecule has 0 aliphatic carbocycles. The Morgan fingerprint density at radius 3 is 2.55 bits per heavy atom. The summed E-state index contributed by atoms with van der Waals surface area (Å²) in [6.07, 6.45) is 1.73. The van der Waals surface area contributed by atoms with Gasteiger partial charge in [0.25, 0.3) is 5.91 Å². The normalized spacial score (nSPS) is 10.5. The molecule has 0 fully saturated rings. The smallest absolute Gasteiger partial charge is 0.268 e. The van der Waals surface area contributed by atoms with Crippen LogP contribution in [0, 0.1) is 13.8 Å². The summed E-state index contributed by atoms with van der Waals surface area (Å²) in [6, 6.07) is 13.6. The van der Waals surface area contributed by atoms with Crippen molar-refractivity contribution in [3.63, 3.8) is 0 Å². The molecule has 1 N–H and O–H groups in total. The molecular formula is C17H15N3OS. The van der Waals surface area contributed by atoms with Crippen LogP contribution in [0.25, 0.3) is 10.6 Å². The standard InChI is InChI=1S/C17H15N3OS/c1-11-8-9-14(18-10-11)20-16(21)15-12(2)19-17(22-15)13-6-4-3-5-7-13/h3-10H,1-2H3,(H,18,20,21). The first-order valence-corrected chi connectivity index (χ1v) is 7.72. The molecule has 0 radical (unpaired) electrons. The molecule has 2 heterocycles. The largest absolute Gasteiger partial charge is 0.306 e. The lowest BCUT2D eigenvalue weighted by atomic mass is 10.2. The van der Waals surface area contributed by atoms with Crippen LogP contribution in [0.15, 0.2) is 48.7 Å². The molecule has 0 unspecified atom stereocenters. The zero-order valence-electron chi connectivity index (χ0n) is 12.3. The molecule has 0 saturated heterocycles. The molecule has 3 rings (SSSR count). The van der Waals surface area contributed by atoms with Crippen molar-refractivity contribution >= 4 is 23.1 Å². The van der Waals surface area contributed by atoms with Gasteiger partial charge in [0.2, 0.25) is 0 Å². The predicted octanol–water partition coefficient (Wildman–Crippen LogP) is 4.07. The van der Waals surface area contributed by atoms with Crippen LogP contribution in [-0.4, -0.2) is 15.9 Å². The van der Waals surface area contributed by atoms with Crippen LogP contribution in [0.2, 0.25) is 0 Å². The molecule has 3 aromatic rings. The molecule has 4 nitrogen and oxygen atoms in total. The van der Waals surface area contributed by atoms with Gasteiger partial charge in [-0.15, -0.1) is 11.3 Å². The molecule has 110 valence electrons. The Kier molecular flexibility index (Phi) is 3.98. The van der Waals surface area contributed by atoms with Crippen molar-refractivity contribution in [2.45, 2.75) is 13.8 Å². The molecule has 0 saturated carbocycles. The van der Waals surface area contributed by atoms with E-state index in [2.05, 4.69) is 15.3 Å². The van der Waals surface area contributed by atoms with Gasteiger partial charge in [-0.3, -0.25) is 4.79 Å². The van der Waals surface area contributed by atoms with Gasteiger partial charge in [-0.1, -0.05) is 36.4 Å². The number of aryl methyl sites for hydroxylation is 2. The molecule has 2 aromatic heterocycles. The first-order chi connectivity index (χ1) is 10.6. The second-order valence-electron chi connectivity index (χ2n) is 4.97. The maximum atomic E-state index is 12.4. The lowest BCUT2D eigenvalue weighted by Gasteiger charge is -2.03. The number of benzene rings is 1. The zero-order chi connectivity index (χ0) is 15.5. The maximum Gasteiger partial charge on any atom is 0.268 e. The summed E-state index contributed by atoms with van der Waals surface area (Å²) in [7, 11) is 0. The van der Waals surface area contributed by atoms with Crippen LogP contribution in [0.4, 0.5) is 5.82 Å². The summed E-state index contributed by atoms with van der Waals surface area (Å²) in [6.45, 7) is 3.80. The third kappa shape index (κ3) is 3.04. The van der Waals surface area contributed by atoms with Crippen LogP contribution in [0.5, 0.6) is 0 Å². The number of hydrogen-bond acceptors (Lipinski definition) is 4. The van der Waals surface area contributed by atoms with Crippen molar-refractivity contribution in [3.05, 3.63) is 64.8 Å². The van der Waals surface area contributed by atoms with E-state index in [0.717, 1.165) is 21.8 Å². The van der Waals surface area contributed by atoms with Gasteiger partial charge in [-0.05, 0) is 25.5 Å². The van der Waals surface area contributed by atoms with Gasteiger partial charge < -0.3 is 5.32 Å². The summed E-state index contributed by atoms with van der Waals surface area (Å²) in [5.74, 6) is 0.373. The van der Waals surface area contributed by atoms with Crippen molar-refractivity contribution in [2.75, 3.05) is 5.32 Å². The number of thiazole rings is 1. The Balaban J connectivity index is 1.84. The highest BCUT2D eigenvalue weighted by Gasteiger charge is 2.16. The Morgan fingerprint density at radius 2 is 1.86 bits per heavy atom. The number of aromatic nitrogens is 2. The van der Waals surface area contributed by atoms with Crippen LogP contribution in [-0.2, 0) is 0 Å². The number of carbonyl (C=O) groups is 1. The lowest BCUT2D eigenvalue weighted by molar-refractivity contribution is 0.102. The van der Waals surface area contributed by atoms with Gasteiger partial charge in [-0.2, -0.15) is 0 Å². The highest BCUT2D eigenvalue weighted by molar-refractivity contribution is 7.17. The van der Waals surface area contributed by atoms with Gasteiger partial charge >= 0.3 is 0 Å². The summed E-state index contributed by atoms with van der Waals surface area (Å²) in [5.41, 5.74) is 2.80. The van der Waals surface area contributed by atoms with Crippen molar-refractivity contribution in [2.24, 2.45) is 0 Å². The van der Waals surface area contributed by atoms with Crippen molar-refractivity contribution in [3.8, 4) is 10.6 Å². The SMILES string of the molecule is Cc1ccc(NC(=O)c2sc(-c3ccccc3)nc2C)nc1. The van der Waals surface area contributed by atoms with E-state index >= 15 is 0 Å². The fraction of sp³-hybridized carbons (Fsp3) is 0.118. The predicted molar refractivity (Wildman–Crippen MR) is 89.2 cm³/mol. The average Bonchev–Trinajstić information content (AvgIpc) is 2.92. The molecular weight excluding hydrogens is 294 g/mol. The summed E-state index contributed by atoms with van der Waals surface area (Å²) in [4.78, 5) is 21.7. The Labute approximate surface area is 132 Å². The van der Waals surface area contributed by atoms with Crippen LogP contribution < -0.4 is 5.32 Å². The highest BCUT2D eigenvalue weighted by Crippen LogP contribution is 2.28. The second kappa shape index (κ2) is 6.07. The quantitative estimate of drug-likeness (QED) is 0.793. The minimum Gasteiger partial charge on any atom is -0.306 e. The van der Waals surface area contributed by atoms with E-state index in [1.165, 1.54) is 11.3 Å². The molecule has 0 atom stereocenters. The Morgan fingerprint density at radius 1 is 1.09 bits per heavy atom. The van der Waals surface area contributed by atoms with Gasteiger partial charge in [0.05, 0.1) is 5.69 Å². The van der Waals surface area contributed by atoms with Crippen LogP contribution in [0.1, 0.15) is 20.9 Å². The molecule has 5 heteroatoms. The number of nitrogens with zero attached hydrogens (tertiary/aromatic N) is 2. The zero-order valence-corrected chi connectivity index (χ0v) is 13.1. The van der Waals surface area contributed by atoms with Crippen LogP contribution >= 0.6 is 11.3 Å². The molecule has 22 heavy (non-hydrogen) atoms.